The van der Waals surface area contributed by atoms with Gasteiger partial charge in [0.2, 0.25) is 0 Å². The second-order valence-corrected chi connectivity index (χ2v) is 6.66. The lowest BCUT2D eigenvalue weighted by Gasteiger charge is -2.32. The number of hydrogen-bond acceptors (Lipinski definition) is 0. The molecule has 0 bridgehead atoms. The van der Waals surface area contributed by atoms with Crippen LogP contribution < -0.4 is 0 Å². The predicted octanol–water partition coefficient (Wildman–Crippen LogP) is 6.12. The van der Waals surface area contributed by atoms with Gasteiger partial charge < -0.3 is 0 Å². The molecule has 96 valence electrons. The predicted molar refractivity (Wildman–Crippen MR) is 82.0 cm³/mol. The molecule has 1 aromatic rings. The van der Waals surface area contributed by atoms with Crippen LogP contribution in [0.3, 0.4) is 0 Å². The minimum atomic E-state index is -1.50. The van der Waals surface area contributed by atoms with Crippen LogP contribution in [0.15, 0.2) is 45.4 Å². The SMILES string of the molecule is ClC1=C(c2ccccc2)C(Cl)C(Cl)(Cl)C(Cl)=C1Cl. The minimum Gasteiger partial charge on any atom is -0.114 e. The summed E-state index contributed by atoms with van der Waals surface area (Å²) in [5, 5.41) is -0.355. The third-order valence-corrected chi connectivity index (χ3v) is 5.80. The molecule has 0 N–H and O–H groups in total. The third-order valence-electron chi connectivity index (χ3n) is 2.57. The van der Waals surface area contributed by atoms with Crippen molar-refractivity contribution in [3.63, 3.8) is 0 Å². The van der Waals surface area contributed by atoms with E-state index in [2.05, 4.69) is 0 Å². The Morgan fingerprint density at radius 3 is 2.00 bits per heavy atom. The summed E-state index contributed by atoms with van der Waals surface area (Å²) in [6.45, 7) is 0. The van der Waals surface area contributed by atoms with Crippen molar-refractivity contribution in [1.29, 1.82) is 0 Å². The highest BCUT2D eigenvalue weighted by Gasteiger charge is 2.46. The molecule has 0 radical (unpaired) electrons. The Morgan fingerprint density at radius 2 is 1.44 bits per heavy atom. The number of hydrogen-bond donors (Lipinski definition) is 0. The van der Waals surface area contributed by atoms with Crippen LogP contribution in [0.1, 0.15) is 5.56 Å². The molecule has 0 nitrogen and oxygen atoms in total. The van der Waals surface area contributed by atoms with E-state index in [1.165, 1.54) is 0 Å². The van der Waals surface area contributed by atoms with Gasteiger partial charge in [0.05, 0.1) is 20.5 Å². The van der Waals surface area contributed by atoms with Crippen molar-refractivity contribution in [3.05, 3.63) is 51.0 Å². The van der Waals surface area contributed by atoms with Gasteiger partial charge in [0.15, 0.2) is 4.33 Å². The van der Waals surface area contributed by atoms with Gasteiger partial charge in [0.25, 0.3) is 0 Å². The van der Waals surface area contributed by atoms with Crippen LogP contribution in [0.4, 0.5) is 0 Å². The van der Waals surface area contributed by atoms with Crippen LogP contribution in [0.5, 0.6) is 0 Å². The quantitative estimate of drug-likeness (QED) is 0.528. The summed E-state index contributed by atoms with van der Waals surface area (Å²) in [7, 11) is 0. The molecule has 0 fully saturated rings. The molecule has 0 spiro atoms. The molecule has 1 aliphatic rings. The summed E-state index contributed by atoms with van der Waals surface area (Å²) < 4.78 is -1.50. The molecular formula is C12H6Cl6. The fourth-order valence-corrected chi connectivity index (χ4v) is 3.43. The van der Waals surface area contributed by atoms with Gasteiger partial charge in [-0.1, -0.05) is 88.3 Å². The van der Waals surface area contributed by atoms with Gasteiger partial charge in [0, 0.05) is 5.57 Å². The highest BCUT2D eigenvalue weighted by atomic mass is 35.5. The number of benzene rings is 1. The largest absolute Gasteiger partial charge is 0.175 e. The van der Waals surface area contributed by atoms with E-state index >= 15 is 0 Å². The zero-order valence-corrected chi connectivity index (χ0v) is 13.3. The van der Waals surface area contributed by atoms with Gasteiger partial charge >= 0.3 is 0 Å². The second kappa shape index (κ2) is 5.44. The Balaban J connectivity index is 2.66. The summed E-state index contributed by atoms with van der Waals surface area (Å²) in [6.07, 6.45) is 0. The van der Waals surface area contributed by atoms with Crippen LogP contribution in [0.2, 0.25) is 0 Å². The van der Waals surface area contributed by atoms with Crippen LogP contribution in [0.25, 0.3) is 5.57 Å². The van der Waals surface area contributed by atoms with E-state index < -0.39 is 9.71 Å². The Morgan fingerprint density at radius 1 is 0.889 bits per heavy atom. The van der Waals surface area contributed by atoms with E-state index in [4.69, 9.17) is 69.6 Å². The second-order valence-electron chi connectivity index (χ2n) is 3.71. The molecule has 18 heavy (non-hydrogen) atoms. The highest BCUT2D eigenvalue weighted by molar-refractivity contribution is 6.64. The molecule has 1 atom stereocenters. The molecule has 2 rings (SSSR count). The molecule has 0 saturated heterocycles. The minimum absolute atomic E-state index is 0.0391. The first-order valence-electron chi connectivity index (χ1n) is 4.90. The Kier molecular flexibility index (Phi) is 4.48. The molecule has 0 aromatic heterocycles. The van der Waals surface area contributed by atoms with Crippen molar-refractivity contribution < 1.29 is 0 Å². The summed E-state index contributed by atoms with van der Waals surface area (Å²) in [5.41, 5.74) is 1.37. The Bertz CT molecular complexity index is 529. The maximum atomic E-state index is 6.28. The highest BCUT2D eigenvalue weighted by Crippen LogP contribution is 2.53. The third kappa shape index (κ3) is 2.40. The monoisotopic (exact) mass is 360 g/mol. The molecule has 1 aromatic carbocycles. The van der Waals surface area contributed by atoms with Crippen LogP contribution in [-0.4, -0.2) is 9.71 Å². The molecule has 1 unspecified atom stereocenters. The van der Waals surface area contributed by atoms with Crippen molar-refractivity contribution in [2.75, 3.05) is 0 Å². The fraction of sp³-hybridized carbons (Fsp3) is 0.167. The average molecular weight is 363 g/mol. The summed E-state index contributed by atoms with van der Waals surface area (Å²) in [4.78, 5) is 0. The van der Waals surface area contributed by atoms with E-state index in [0.717, 1.165) is 5.56 Å². The topological polar surface area (TPSA) is 0 Å². The van der Waals surface area contributed by atoms with E-state index in [0.29, 0.717) is 5.57 Å². The summed E-state index contributed by atoms with van der Waals surface area (Å²) in [6, 6.07) is 9.28. The molecule has 6 heteroatoms. The number of allylic oxidation sites excluding steroid dienone is 4. The Labute approximate surface area is 135 Å². The molecule has 0 amide bonds. The van der Waals surface area contributed by atoms with Crippen molar-refractivity contribution in [3.8, 4) is 0 Å². The van der Waals surface area contributed by atoms with Gasteiger partial charge in [-0.2, -0.15) is 0 Å². The van der Waals surface area contributed by atoms with E-state index in [-0.39, 0.29) is 15.1 Å². The number of rotatable bonds is 1. The maximum absolute atomic E-state index is 6.28. The van der Waals surface area contributed by atoms with Gasteiger partial charge in [0.1, 0.15) is 0 Å². The Hall–Kier alpha value is 0.440. The van der Waals surface area contributed by atoms with Crippen molar-refractivity contribution in [2.45, 2.75) is 9.71 Å². The maximum Gasteiger partial charge on any atom is 0.175 e. The van der Waals surface area contributed by atoms with Crippen molar-refractivity contribution >= 4 is 75.2 Å². The fourth-order valence-electron chi connectivity index (χ4n) is 1.66. The first-order chi connectivity index (χ1) is 8.37. The van der Waals surface area contributed by atoms with E-state index in [9.17, 15) is 0 Å². The van der Waals surface area contributed by atoms with E-state index in [1.54, 1.807) is 0 Å². The van der Waals surface area contributed by atoms with Gasteiger partial charge in [-0.15, -0.1) is 11.6 Å². The molecular weight excluding hydrogens is 357 g/mol. The van der Waals surface area contributed by atoms with Crippen LogP contribution in [-0.2, 0) is 0 Å². The van der Waals surface area contributed by atoms with Crippen molar-refractivity contribution in [2.24, 2.45) is 0 Å². The van der Waals surface area contributed by atoms with Gasteiger partial charge in [-0.3, -0.25) is 0 Å². The first-order valence-corrected chi connectivity index (χ1v) is 7.23. The standard InChI is InChI=1S/C12H6Cl6/c13-8-7(6-4-2-1-3-5-6)10(15)12(17,18)11(16)9(8)14/h1-5,10H. The van der Waals surface area contributed by atoms with Crippen LogP contribution in [0, 0.1) is 0 Å². The molecule has 0 saturated carbocycles. The summed E-state index contributed by atoms with van der Waals surface area (Å²) >= 11 is 36.8. The van der Waals surface area contributed by atoms with Crippen molar-refractivity contribution in [1.82, 2.24) is 0 Å². The average Bonchev–Trinajstić information content (AvgIpc) is 2.36. The summed E-state index contributed by atoms with van der Waals surface area (Å²) in [5.74, 6) is 0. The molecule has 0 aliphatic heterocycles. The lowest BCUT2D eigenvalue weighted by molar-refractivity contribution is 0.959. The lowest BCUT2D eigenvalue weighted by atomic mass is 9.96. The van der Waals surface area contributed by atoms with Crippen LogP contribution >= 0.6 is 69.6 Å². The van der Waals surface area contributed by atoms with Gasteiger partial charge in [-0.25, -0.2) is 0 Å². The van der Waals surface area contributed by atoms with E-state index in [1.807, 2.05) is 30.3 Å². The normalized spacial score (nSPS) is 23.6. The number of halogens is 6. The molecule has 1 aliphatic carbocycles. The zero-order valence-electron chi connectivity index (χ0n) is 8.73. The number of alkyl halides is 3. The van der Waals surface area contributed by atoms with Gasteiger partial charge in [-0.05, 0) is 5.56 Å². The zero-order chi connectivity index (χ0) is 13.5. The lowest BCUT2D eigenvalue weighted by Crippen LogP contribution is -2.32. The first kappa shape index (κ1) is 14.8. The molecule has 0 heterocycles. The smallest absolute Gasteiger partial charge is 0.114 e.